The van der Waals surface area contributed by atoms with Gasteiger partial charge in [-0.2, -0.15) is 13.2 Å². The van der Waals surface area contributed by atoms with Crippen LogP contribution in [0.5, 0.6) is 5.75 Å². The second kappa shape index (κ2) is 5.68. The van der Waals surface area contributed by atoms with Crippen LogP contribution in [0, 0.1) is 11.7 Å². The first kappa shape index (κ1) is 14.2. The Bertz CT molecular complexity index is 363. The Kier molecular flexibility index (Phi) is 4.76. The van der Waals surface area contributed by atoms with Gasteiger partial charge in [-0.3, -0.25) is 0 Å². The summed E-state index contributed by atoms with van der Waals surface area (Å²) < 4.78 is 55.2. The van der Waals surface area contributed by atoms with E-state index in [2.05, 4.69) is 15.9 Å². The third kappa shape index (κ3) is 4.51. The van der Waals surface area contributed by atoms with E-state index in [4.69, 9.17) is 10.5 Å². The monoisotopic (exact) mass is 315 g/mol. The molecule has 0 saturated heterocycles. The number of benzene rings is 1. The van der Waals surface area contributed by atoms with E-state index < -0.39 is 31.1 Å². The fourth-order valence-corrected chi connectivity index (χ4v) is 1.55. The molecular formula is C10H10BrF4NO. The van der Waals surface area contributed by atoms with Gasteiger partial charge in [-0.15, -0.1) is 0 Å². The normalized spacial score (nSPS) is 13.5. The number of hydrogen-bond acceptors (Lipinski definition) is 2. The number of rotatable bonds is 4. The second-order valence-electron chi connectivity index (χ2n) is 3.39. The molecule has 0 fully saturated rings. The minimum atomic E-state index is -4.42. The molecule has 1 aromatic rings. The van der Waals surface area contributed by atoms with E-state index in [9.17, 15) is 17.6 Å². The highest BCUT2D eigenvalue weighted by molar-refractivity contribution is 9.10. The molecule has 17 heavy (non-hydrogen) atoms. The molecular weight excluding hydrogens is 306 g/mol. The van der Waals surface area contributed by atoms with E-state index in [-0.39, 0.29) is 5.75 Å². The van der Waals surface area contributed by atoms with Crippen LogP contribution in [0.4, 0.5) is 17.6 Å². The Morgan fingerprint density at radius 3 is 2.41 bits per heavy atom. The number of hydrogen-bond donors (Lipinski definition) is 1. The molecule has 0 aliphatic carbocycles. The van der Waals surface area contributed by atoms with Gasteiger partial charge in [-0.1, -0.05) is 15.9 Å². The molecule has 0 aliphatic rings. The van der Waals surface area contributed by atoms with Crippen molar-refractivity contribution in [3.05, 3.63) is 28.5 Å². The van der Waals surface area contributed by atoms with Crippen molar-refractivity contribution in [3.8, 4) is 5.75 Å². The van der Waals surface area contributed by atoms with Gasteiger partial charge < -0.3 is 10.5 Å². The van der Waals surface area contributed by atoms with Crippen LogP contribution < -0.4 is 10.5 Å². The first-order valence-corrected chi connectivity index (χ1v) is 5.48. The molecule has 96 valence electrons. The van der Waals surface area contributed by atoms with Crippen molar-refractivity contribution < 1.29 is 22.3 Å². The van der Waals surface area contributed by atoms with Crippen LogP contribution in [-0.4, -0.2) is 19.3 Å². The molecule has 1 aromatic carbocycles. The molecule has 1 atom stereocenters. The van der Waals surface area contributed by atoms with E-state index in [1.807, 2.05) is 0 Å². The summed E-state index contributed by atoms with van der Waals surface area (Å²) in [6, 6.07) is 3.57. The van der Waals surface area contributed by atoms with Gasteiger partial charge in [0.15, 0.2) is 0 Å². The van der Waals surface area contributed by atoms with Gasteiger partial charge in [0.1, 0.15) is 24.1 Å². The van der Waals surface area contributed by atoms with Crippen molar-refractivity contribution >= 4 is 15.9 Å². The number of ether oxygens (including phenoxy) is 1. The summed E-state index contributed by atoms with van der Waals surface area (Å²) in [5, 5.41) is 0. The summed E-state index contributed by atoms with van der Waals surface area (Å²) in [6.07, 6.45) is -4.42. The highest BCUT2D eigenvalue weighted by Gasteiger charge is 2.39. The molecule has 7 heteroatoms. The van der Waals surface area contributed by atoms with E-state index in [1.165, 1.54) is 12.1 Å². The van der Waals surface area contributed by atoms with Crippen molar-refractivity contribution in [1.29, 1.82) is 0 Å². The predicted molar refractivity (Wildman–Crippen MR) is 58.2 cm³/mol. The summed E-state index contributed by atoms with van der Waals surface area (Å²) >= 11 is 3.01. The van der Waals surface area contributed by atoms with Crippen LogP contribution in [0.3, 0.4) is 0 Å². The zero-order valence-corrected chi connectivity index (χ0v) is 10.2. The fourth-order valence-electron chi connectivity index (χ4n) is 1.10. The first-order valence-electron chi connectivity index (χ1n) is 4.68. The SMILES string of the molecule is NCC(COc1cc(F)cc(Br)c1)C(F)(F)F. The third-order valence-corrected chi connectivity index (χ3v) is 2.49. The van der Waals surface area contributed by atoms with Crippen LogP contribution in [0.2, 0.25) is 0 Å². The molecule has 0 heterocycles. The highest BCUT2D eigenvalue weighted by Crippen LogP contribution is 2.27. The lowest BCUT2D eigenvalue weighted by molar-refractivity contribution is -0.178. The zero-order valence-electron chi connectivity index (χ0n) is 8.60. The molecule has 1 unspecified atom stereocenters. The van der Waals surface area contributed by atoms with Crippen LogP contribution >= 0.6 is 15.9 Å². The minimum absolute atomic E-state index is 0.0274. The maximum atomic E-state index is 12.9. The Morgan fingerprint density at radius 1 is 1.29 bits per heavy atom. The van der Waals surface area contributed by atoms with Gasteiger partial charge in [0.2, 0.25) is 0 Å². The molecule has 2 N–H and O–H groups in total. The molecule has 0 spiro atoms. The van der Waals surface area contributed by atoms with Crippen molar-refractivity contribution in [2.45, 2.75) is 6.18 Å². The molecule has 0 aliphatic heterocycles. The Morgan fingerprint density at radius 2 is 1.94 bits per heavy atom. The average Bonchev–Trinajstić information content (AvgIpc) is 2.14. The van der Waals surface area contributed by atoms with Crippen LogP contribution in [-0.2, 0) is 0 Å². The average molecular weight is 316 g/mol. The van der Waals surface area contributed by atoms with Crippen molar-refractivity contribution in [2.75, 3.05) is 13.2 Å². The third-order valence-electron chi connectivity index (χ3n) is 2.03. The molecule has 2 nitrogen and oxygen atoms in total. The Balaban J connectivity index is 2.66. The first-order chi connectivity index (χ1) is 7.82. The summed E-state index contributed by atoms with van der Waals surface area (Å²) in [7, 11) is 0. The maximum Gasteiger partial charge on any atom is 0.396 e. The summed E-state index contributed by atoms with van der Waals surface area (Å²) in [5.41, 5.74) is 5.00. The van der Waals surface area contributed by atoms with Crippen molar-refractivity contribution in [3.63, 3.8) is 0 Å². The van der Waals surface area contributed by atoms with Crippen LogP contribution in [0.1, 0.15) is 0 Å². The van der Waals surface area contributed by atoms with Gasteiger partial charge in [0.25, 0.3) is 0 Å². The van der Waals surface area contributed by atoms with E-state index in [0.29, 0.717) is 4.47 Å². The molecule has 1 rings (SSSR count). The van der Waals surface area contributed by atoms with Crippen LogP contribution in [0.25, 0.3) is 0 Å². The molecule has 0 radical (unpaired) electrons. The summed E-state index contributed by atoms with van der Waals surface area (Å²) in [4.78, 5) is 0. The Hall–Kier alpha value is -0.820. The smallest absolute Gasteiger partial charge is 0.396 e. The minimum Gasteiger partial charge on any atom is -0.493 e. The maximum absolute atomic E-state index is 12.9. The van der Waals surface area contributed by atoms with E-state index in [1.54, 1.807) is 0 Å². The lowest BCUT2D eigenvalue weighted by Crippen LogP contribution is -2.35. The lowest BCUT2D eigenvalue weighted by atomic mass is 10.1. The number of halogens is 5. The van der Waals surface area contributed by atoms with Crippen molar-refractivity contribution in [2.24, 2.45) is 11.7 Å². The number of nitrogens with two attached hydrogens (primary N) is 1. The zero-order chi connectivity index (χ0) is 13.1. The van der Waals surface area contributed by atoms with Gasteiger partial charge in [0.05, 0.1) is 0 Å². The quantitative estimate of drug-likeness (QED) is 0.867. The highest BCUT2D eigenvalue weighted by atomic mass is 79.9. The van der Waals surface area contributed by atoms with Crippen LogP contribution in [0.15, 0.2) is 22.7 Å². The van der Waals surface area contributed by atoms with Gasteiger partial charge in [0, 0.05) is 17.1 Å². The summed E-state index contributed by atoms with van der Waals surface area (Å²) in [6.45, 7) is -1.20. The molecule has 0 aromatic heterocycles. The van der Waals surface area contributed by atoms with E-state index in [0.717, 1.165) is 6.07 Å². The van der Waals surface area contributed by atoms with Gasteiger partial charge in [-0.25, -0.2) is 4.39 Å². The molecule has 0 saturated carbocycles. The predicted octanol–water partition coefficient (Wildman–Crippen LogP) is 3.10. The fraction of sp³-hybridized carbons (Fsp3) is 0.400. The standard InChI is InChI=1S/C10H10BrF4NO/c11-7-1-8(12)3-9(2-7)17-5-6(4-16)10(13,14)15/h1-3,6H,4-5,16H2. The van der Waals surface area contributed by atoms with Gasteiger partial charge in [-0.05, 0) is 12.1 Å². The second-order valence-corrected chi connectivity index (χ2v) is 4.31. The molecule has 0 bridgehead atoms. The summed E-state index contributed by atoms with van der Waals surface area (Å²) in [5.74, 6) is -2.32. The lowest BCUT2D eigenvalue weighted by Gasteiger charge is -2.18. The van der Waals surface area contributed by atoms with Gasteiger partial charge >= 0.3 is 6.18 Å². The van der Waals surface area contributed by atoms with E-state index >= 15 is 0 Å². The Labute approximate surface area is 104 Å². The van der Waals surface area contributed by atoms with Crippen molar-refractivity contribution in [1.82, 2.24) is 0 Å². The topological polar surface area (TPSA) is 35.2 Å². The number of alkyl halides is 3. The molecule has 0 amide bonds. The largest absolute Gasteiger partial charge is 0.493 e.